The van der Waals surface area contributed by atoms with E-state index in [2.05, 4.69) is 16.0 Å². The number of piperidine rings is 1. The zero-order valence-electron chi connectivity index (χ0n) is 15.3. The van der Waals surface area contributed by atoms with Crippen LogP contribution < -0.4 is 4.90 Å². The topological polar surface area (TPSA) is 41.4 Å². The van der Waals surface area contributed by atoms with Crippen molar-refractivity contribution in [3.8, 4) is 0 Å². The summed E-state index contributed by atoms with van der Waals surface area (Å²) >= 11 is 0. The van der Waals surface area contributed by atoms with Gasteiger partial charge in [0, 0.05) is 56.5 Å². The number of anilines is 1. The molecule has 1 saturated heterocycles. The highest BCUT2D eigenvalue weighted by Gasteiger charge is 2.27. The number of hydrogen-bond acceptors (Lipinski definition) is 3. The lowest BCUT2D eigenvalue weighted by atomic mass is 10.0. The Morgan fingerprint density at radius 1 is 1.12 bits per heavy atom. The van der Waals surface area contributed by atoms with Crippen LogP contribution in [0.5, 0.6) is 0 Å². The van der Waals surface area contributed by atoms with Crippen LogP contribution in [-0.2, 0) is 7.05 Å². The smallest absolute Gasteiger partial charge is 0.256 e. The molecule has 0 atom stereocenters. The maximum Gasteiger partial charge on any atom is 0.256 e. The largest absolute Gasteiger partial charge is 0.356 e. The molecule has 5 nitrogen and oxygen atoms in total. The molecule has 26 heavy (non-hydrogen) atoms. The number of rotatable bonds is 3. The van der Waals surface area contributed by atoms with Crippen molar-refractivity contribution in [3.05, 3.63) is 60.4 Å². The zero-order valence-corrected chi connectivity index (χ0v) is 15.3. The van der Waals surface area contributed by atoms with Gasteiger partial charge in [0.05, 0.1) is 5.56 Å². The molecule has 1 amide bonds. The molecule has 0 spiro atoms. The number of pyridine rings is 1. The van der Waals surface area contributed by atoms with E-state index in [1.54, 1.807) is 0 Å². The number of aryl methyl sites for hydroxylation is 1. The van der Waals surface area contributed by atoms with Crippen LogP contribution in [0, 0.1) is 0 Å². The van der Waals surface area contributed by atoms with Crippen molar-refractivity contribution < 1.29 is 4.79 Å². The molecule has 0 radical (unpaired) electrons. The minimum Gasteiger partial charge on any atom is -0.356 e. The van der Waals surface area contributed by atoms with Crippen LogP contribution in [0.4, 0.5) is 5.82 Å². The molecular weight excluding hydrogens is 324 g/mol. The van der Waals surface area contributed by atoms with E-state index in [1.807, 2.05) is 72.4 Å². The van der Waals surface area contributed by atoms with Gasteiger partial charge in [-0.05, 0) is 31.0 Å². The van der Waals surface area contributed by atoms with Crippen molar-refractivity contribution in [3.63, 3.8) is 0 Å². The van der Waals surface area contributed by atoms with Gasteiger partial charge in [0.15, 0.2) is 0 Å². The molecule has 0 bridgehead atoms. The van der Waals surface area contributed by atoms with E-state index in [0.29, 0.717) is 0 Å². The van der Waals surface area contributed by atoms with Crippen molar-refractivity contribution in [2.75, 3.05) is 25.0 Å². The number of nitrogens with zero attached hydrogens (tertiary/aromatic N) is 4. The third kappa shape index (κ3) is 2.94. The summed E-state index contributed by atoms with van der Waals surface area (Å²) < 4.78 is 2.03. The lowest BCUT2D eigenvalue weighted by Gasteiger charge is -2.37. The Hall–Kier alpha value is -2.82. The van der Waals surface area contributed by atoms with Crippen LogP contribution in [0.25, 0.3) is 10.9 Å². The number of para-hydroxylation sites is 1. The zero-order chi connectivity index (χ0) is 18.1. The average Bonchev–Trinajstić information content (AvgIpc) is 3.05. The molecule has 5 heteroatoms. The first kappa shape index (κ1) is 16.6. The van der Waals surface area contributed by atoms with Gasteiger partial charge in [-0.1, -0.05) is 24.3 Å². The number of amides is 1. The normalized spacial score (nSPS) is 15.4. The molecule has 1 aliphatic rings. The molecule has 1 fully saturated rings. The Morgan fingerprint density at radius 2 is 1.85 bits per heavy atom. The first-order valence-corrected chi connectivity index (χ1v) is 9.12. The number of aromatic nitrogens is 2. The molecule has 0 aliphatic carbocycles. The van der Waals surface area contributed by atoms with Crippen LogP contribution in [0.15, 0.2) is 54.9 Å². The van der Waals surface area contributed by atoms with Gasteiger partial charge in [-0.2, -0.15) is 0 Å². The summed E-state index contributed by atoms with van der Waals surface area (Å²) in [6.45, 7) is 1.85. The summed E-state index contributed by atoms with van der Waals surface area (Å²) in [4.78, 5) is 21.8. The predicted octanol–water partition coefficient (Wildman–Crippen LogP) is 3.31. The van der Waals surface area contributed by atoms with E-state index >= 15 is 0 Å². The van der Waals surface area contributed by atoms with E-state index in [4.69, 9.17) is 0 Å². The Bertz CT molecular complexity index is 910. The Morgan fingerprint density at radius 3 is 2.58 bits per heavy atom. The van der Waals surface area contributed by atoms with E-state index in [0.717, 1.165) is 48.2 Å². The van der Waals surface area contributed by atoms with Gasteiger partial charge in [-0.15, -0.1) is 0 Å². The van der Waals surface area contributed by atoms with E-state index in [-0.39, 0.29) is 11.9 Å². The monoisotopic (exact) mass is 348 g/mol. The van der Waals surface area contributed by atoms with Crippen molar-refractivity contribution in [1.29, 1.82) is 0 Å². The van der Waals surface area contributed by atoms with E-state index < -0.39 is 0 Å². The molecule has 1 aliphatic heterocycles. The van der Waals surface area contributed by atoms with Gasteiger partial charge < -0.3 is 14.4 Å². The summed E-state index contributed by atoms with van der Waals surface area (Å²) in [5.74, 6) is 1.13. The minimum atomic E-state index is 0.109. The number of carbonyl (C=O) groups is 1. The standard InChI is InChI=1S/C21H24N4O/c1-23-15-18(17-7-3-4-8-19(17)23)21(26)24(2)16-10-13-25(14-11-16)20-9-5-6-12-22-20/h3-9,12,15-16H,10-11,13-14H2,1-2H3. The highest BCUT2D eigenvalue weighted by Crippen LogP contribution is 2.25. The summed E-state index contributed by atoms with van der Waals surface area (Å²) in [5, 5.41) is 1.03. The number of carbonyl (C=O) groups excluding carboxylic acids is 1. The maximum absolute atomic E-state index is 13.1. The predicted molar refractivity (Wildman–Crippen MR) is 104 cm³/mol. The molecule has 2 aromatic heterocycles. The average molecular weight is 348 g/mol. The van der Waals surface area contributed by atoms with Crippen LogP contribution >= 0.6 is 0 Å². The Labute approximate surface area is 153 Å². The SMILES string of the molecule is CN(C(=O)c1cn(C)c2ccccc12)C1CCN(c2ccccn2)CC1. The number of fused-ring (bicyclic) bond motifs is 1. The summed E-state index contributed by atoms with van der Waals surface area (Å²) in [5.41, 5.74) is 1.88. The van der Waals surface area contributed by atoms with Crippen molar-refractivity contribution in [1.82, 2.24) is 14.5 Å². The minimum absolute atomic E-state index is 0.109. The fourth-order valence-electron chi connectivity index (χ4n) is 3.89. The fraction of sp³-hybridized carbons (Fsp3) is 0.333. The lowest BCUT2D eigenvalue weighted by Crippen LogP contribution is -2.45. The molecular formula is C21H24N4O. The first-order chi connectivity index (χ1) is 12.6. The first-order valence-electron chi connectivity index (χ1n) is 9.12. The lowest BCUT2D eigenvalue weighted by molar-refractivity contribution is 0.0711. The van der Waals surface area contributed by atoms with E-state index in [9.17, 15) is 4.79 Å². The number of hydrogen-bond donors (Lipinski definition) is 0. The van der Waals surface area contributed by atoms with Gasteiger partial charge in [0.25, 0.3) is 5.91 Å². The van der Waals surface area contributed by atoms with Crippen LogP contribution in [-0.4, -0.2) is 46.5 Å². The third-order valence-electron chi connectivity index (χ3n) is 5.43. The van der Waals surface area contributed by atoms with Gasteiger partial charge in [0.1, 0.15) is 5.82 Å². The Kier molecular flexibility index (Phi) is 4.37. The van der Waals surface area contributed by atoms with Crippen LogP contribution in [0.3, 0.4) is 0 Å². The molecule has 0 unspecified atom stereocenters. The molecule has 1 aromatic carbocycles. The highest BCUT2D eigenvalue weighted by molar-refractivity contribution is 6.07. The third-order valence-corrected chi connectivity index (χ3v) is 5.43. The van der Waals surface area contributed by atoms with Gasteiger partial charge in [-0.3, -0.25) is 4.79 Å². The quantitative estimate of drug-likeness (QED) is 0.729. The van der Waals surface area contributed by atoms with Crippen molar-refractivity contribution >= 4 is 22.6 Å². The second-order valence-corrected chi connectivity index (χ2v) is 6.99. The second-order valence-electron chi connectivity index (χ2n) is 6.99. The van der Waals surface area contributed by atoms with Gasteiger partial charge >= 0.3 is 0 Å². The molecule has 0 N–H and O–H groups in total. The molecule has 4 rings (SSSR count). The van der Waals surface area contributed by atoms with Crippen molar-refractivity contribution in [2.45, 2.75) is 18.9 Å². The summed E-state index contributed by atoms with van der Waals surface area (Å²) in [6, 6.07) is 14.3. The molecule has 3 aromatic rings. The molecule has 134 valence electrons. The number of benzene rings is 1. The highest BCUT2D eigenvalue weighted by atomic mass is 16.2. The maximum atomic E-state index is 13.1. The van der Waals surface area contributed by atoms with Gasteiger partial charge in [0.2, 0.25) is 0 Å². The van der Waals surface area contributed by atoms with Gasteiger partial charge in [-0.25, -0.2) is 4.98 Å². The van der Waals surface area contributed by atoms with Crippen molar-refractivity contribution in [2.24, 2.45) is 7.05 Å². The second kappa shape index (κ2) is 6.83. The summed E-state index contributed by atoms with van der Waals surface area (Å²) in [6.07, 6.45) is 5.71. The summed E-state index contributed by atoms with van der Waals surface area (Å²) in [7, 11) is 3.93. The fourth-order valence-corrected chi connectivity index (χ4v) is 3.89. The van der Waals surface area contributed by atoms with Crippen LogP contribution in [0.1, 0.15) is 23.2 Å². The molecule has 0 saturated carbocycles. The van der Waals surface area contributed by atoms with E-state index in [1.165, 1.54) is 0 Å². The van der Waals surface area contributed by atoms with Crippen LogP contribution in [0.2, 0.25) is 0 Å². The molecule has 3 heterocycles. The Balaban J connectivity index is 1.48.